The second kappa shape index (κ2) is 7.54. The predicted molar refractivity (Wildman–Crippen MR) is 110 cm³/mol. The third-order valence-electron chi connectivity index (χ3n) is 5.64. The highest BCUT2D eigenvalue weighted by Crippen LogP contribution is 2.28. The van der Waals surface area contributed by atoms with Crippen LogP contribution in [0.2, 0.25) is 0 Å². The normalized spacial score (nSPS) is 16.7. The van der Waals surface area contributed by atoms with E-state index in [-0.39, 0.29) is 28.4 Å². The predicted octanol–water partition coefficient (Wildman–Crippen LogP) is 3.26. The summed E-state index contributed by atoms with van der Waals surface area (Å²) in [4.78, 5) is 39.1. The van der Waals surface area contributed by atoms with Gasteiger partial charge in [0.15, 0.2) is 0 Å². The lowest BCUT2D eigenvalue weighted by Crippen LogP contribution is -2.41. The number of carbonyl (C=O) groups excluding carboxylic acids is 1. The van der Waals surface area contributed by atoms with E-state index in [4.69, 9.17) is 0 Å². The number of hydrogen-bond acceptors (Lipinski definition) is 3. The van der Waals surface area contributed by atoms with Gasteiger partial charge in [0.05, 0.1) is 11.1 Å². The van der Waals surface area contributed by atoms with E-state index in [0.29, 0.717) is 18.5 Å². The van der Waals surface area contributed by atoms with Crippen LogP contribution in [-0.2, 0) is 7.05 Å². The Kier molecular flexibility index (Phi) is 4.92. The molecule has 2 aromatic carbocycles. The molecule has 1 fully saturated rings. The van der Waals surface area contributed by atoms with Crippen molar-refractivity contribution in [2.45, 2.75) is 18.8 Å². The standard InChI is InChI=1S/C23H22N2O4/c1-24-14-19(21(26)18-9-2-3-10-20(18)24)22(27)25-11-5-8-17(13-25)15-6-4-7-16(12-15)23(28)29/h2-4,6-7,9-10,12,14,17H,5,8,11,13H2,1H3,(H,28,29). The van der Waals surface area contributed by atoms with Crippen molar-refractivity contribution < 1.29 is 14.7 Å². The minimum absolute atomic E-state index is 0.0521. The summed E-state index contributed by atoms with van der Waals surface area (Å²) in [5.41, 5.74) is 1.86. The first-order chi connectivity index (χ1) is 14.0. The van der Waals surface area contributed by atoms with E-state index in [2.05, 4.69) is 0 Å². The topological polar surface area (TPSA) is 79.6 Å². The van der Waals surface area contributed by atoms with Crippen LogP contribution in [0.4, 0.5) is 0 Å². The minimum atomic E-state index is -0.963. The first-order valence-corrected chi connectivity index (χ1v) is 9.66. The number of carboxylic acids is 1. The highest BCUT2D eigenvalue weighted by molar-refractivity contribution is 5.97. The molecule has 6 nitrogen and oxygen atoms in total. The van der Waals surface area contributed by atoms with E-state index < -0.39 is 5.97 Å². The molecule has 0 radical (unpaired) electrons. The molecule has 2 heterocycles. The SMILES string of the molecule is Cn1cc(C(=O)N2CCCC(c3cccc(C(=O)O)c3)C2)c(=O)c2ccccc21. The Labute approximate surface area is 168 Å². The smallest absolute Gasteiger partial charge is 0.335 e. The summed E-state index contributed by atoms with van der Waals surface area (Å²) >= 11 is 0. The molecule has 3 aromatic rings. The first kappa shape index (κ1) is 18.9. The van der Waals surface area contributed by atoms with Gasteiger partial charge >= 0.3 is 5.97 Å². The van der Waals surface area contributed by atoms with Crippen molar-refractivity contribution in [2.24, 2.45) is 7.05 Å². The highest BCUT2D eigenvalue weighted by Gasteiger charge is 2.27. The number of fused-ring (bicyclic) bond motifs is 1. The maximum Gasteiger partial charge on any atom is 0.335 e. The third kappa shape index (κ3) is 3.53. The Balaban J connectivity index is 1.64. The maximum atomic E-state index is 13.2. The summed E-state index contributed by atoms with van der Waals surface area (Å²) < 4.78 is 1.81. The van der Waals surface area contributed by atoms with Crippen molar-refractivity contribution in [1.29, 1.82) is 0 Å². The zero-order chi connectivity index (χ0) is 20.5. The zero-order valence-corrected chi connectivity index (χ0v) is 16.2. The van der Waals surface area contributed by atoms with Crippen LogP contribution in [-0.4, -0.2) is 39.5 Å². The Bertz CT molecular complexity index is 1160. The Morgan fingerprint density at radius 1 is 1.10 bits per heavy atom. The molecule has 0 saturated carbocycles. The maximum absolute atomic E-state index is 13.2. The highest BCUT2D eigenvalue weighted by atomic mass is 16.4. The molecule has 148 valence electrons. The molecular weight excluding hydrogens is 368 g/mol. The number of amides is 1. The van der Waals surface area contributed by atoms with E-state index in [0.717, 1.165) is 23.9 Å². The second-order valence-corrected chi connectivity index (χ2v) is 7.52. The summed E-state index contributed by atoms with van der Waals surface area (Å²) in [5.74, 6) is -1.18. The number of carboxylic acid groups (broad SMARTS) is 1. The van der Waals surface area contributed by atoms with E-state index in [9.17, 15) is 19.5 Å². The average Bonchev–Trinajstić information content (AvgIpc) is 2.76. The fourth-order valence-electron chi connectivity index (χ4n) is 4.12. The van der Waals surface area contributed by atoms with Crippen molar-refractivity contribution >= 4 is 22.8 Å². The molecular formula is C23H22N2O4. The molecule has 1 aromatic heterocycles. The number of para-hydroxylation sites is 1. The van der Waals surface area contributed by atoms with Crippen LogP contribution in [0.15, 0.2) is 59.5 Å². The summed E-state index contributed by atoms with van der Waals surface area (Å²) in [7, 11) is 1.83. The number of likely N-dealkylation sites (tertiary alicyclic amines) is 1. The van der Waals surface area contributed by atoms with Crippen LogP contribution in [0.5, 0.6) is 0 Å². The first-order valence-electron chi connectivity index (χ1n) is 9.66. The molecule has 1 atom stereocenters. The van der Waals surface area contributed by atoms with E-state index in [1.807, 2.05) is 29.8 Å². The van der Waals surface area contributed by atoms with E-state index >= 15 is 0 Å². The molecule has 1 amide bonds. The largest absolute Gasteiger partial charge is 0.478 e. The fraction of sp³-hybridized carbons (Fsp3) is 0.261. The Morgan fingerprint density at radius 2 is 1.90 bits per heavy atom. The molecule has 29 heavy (non-hydrogen) atoms. The number of benzene rings is 2. The molecule has 0 aliphatic carbocycles. The van der Waals surface area contributed by atoms with Crippen molar-refractivity contribution in [3.05, 3.63) is 81.6 Å². The van der Waals surface area contributed by atoms with Gasteiger partial charge in [-0.2, -0.15) is 0 Å². The number of piperidine rings is 1. The Morgan fingerprint density at radius 3 is 2.69 bits per heavy atom. The minimum Gasteiger partial charge on any atom is -0.478 e. The van der Waals surface area contributed by atoms with Gasteiger partial charge in [-0.1, -0.05) is 24.3 Å². The molecule has 0 bridgehead atoms. The molecule has 4 rings (SSSR count). The van der Waals surface area contributed by atoms with Gasteiger partial charge in [-0.15, -0.1) is 0 Å². The zero-order valence-electron chi connectivity index (χ0n) is 16.2. The van der Waals surface area contributed by atoms with Gasteiger partial charge in [0, 0.05) is 37.6 Å². The summed E-state index contributed by atoms with van der Waals surface area (Å²) in [6.45, 7) is 1.06. The number of aromatic carboxylic acids is 1. The summed E-state index contributed by atoms with van der Waals surface area (Å²) in [5, 5.41) is 9.77. The van der Waals surface area contributed by atoms with Crippen LogP contribution in [0, 0.1) is 0 Å². The Hall–Kier alpha value is -3.41. The second-order valence-electron chi connectivity index (χ2n) is 7.52. The summed E-state index contributed by atoms with van der Waals surface area (Å²) in [6.07, 6.45) is 3.30. The molecule has 1 saturated heterocycles. The fourth-order valence-corrected chi connectivity index (χ4v) is 4.12. The van der Waals surface area contributed by atoms with Crippen molar-refractivity contribution in [3.63, 3.8) is 0 Å². The lowest BCUT2D eigenvalue weighted by Gasteiger charge is -2.33. The number of hydrogen-bond donors (Lipinski definition) is 1. The van der Waals surface area contributed by atoms with Crippen molar-refractivity contribution in [2.75, 3.05) is 13.1 Å². The van der Waals surface area contributed by atoms with Crippen molar-refractivity contribution in [1.82, 2.24) is 9.47 Å². The number of aryl methyl sites for hydroxylation is 1. The van der Waals surface area contributed by atoms with Gasteiger partial charge in [0.2, 0.25) is 5.43 Å². The van der Waals surface area contributed by atoms with Gasteiger partial charge in [0.1, 0.15) is 5.56 Å². The van der Waals surface area contributed by atoms with Gasteiger partial charge in [-0.3, -0.25) is 9.59 Å². The molecule has 1 unspecified atom stereocenters. The lowest BCUT2D eigenvalue weighted by atomic mass is 9.89. The van der Waals surface area contributed by atoms with Gasteiger partial charge in [-0.25, -0.2) is 4.79 Å². The van der Waals surface area contributed by atoms with Gasteiger partial charge in [0.25, 0.3) is 5.91 Å². The van der Waals surface area contributed by atoms with Crippen LogP contribution < -0.4 is 5.43 Å². The number of aromatic nitrogens is 1. The monoisotopic (exact) mass is 390 g/mol. The van der Waals surface area contributed by atoms with Crippen LogP contribution in [0.25, 0.3) is 10.9 Å². The number of pyridine rings is 1. The third-order valence-corrected chi connectivity index (χ3v) is 5.64. The molecule has 0 spiro atoms. The average molecular weight is 390 g/mol. The van der Waals surface area contributed by atoms with Crippen LogP contribution >= 0.6 is 0 Å². The van der Waals surface area contributed by atoms with Crippen LogP contribution in [0.3, 0.4) is 0 Å². The van der Waals surface area contributed by atoms with Crippen LogP contribution in [0.1, 0.15) is 45.0 Å². The van der Waals surface area contributed by atoms with Crippen molar-refractivity contribution in [3.8, 4) is 0 Å². The molecule has 1 N–H and O–H groups in total. The van der Waals surface area contributed by atoms with Gasteiger partial charge in [-0.05, 0) is 42.7 Å². The van der Waals surface area contributed by atoms with E-state index in [1.165, 1.54) is 0 Å². The lowest BCUT2D eigenvalue weighted by molar-refractivity contribution is 0.0687. The quantitative estimate of drug-likeness (QED) is 0.744. The molecule has 6 heteroatoms. The van der Waals surface area contributed by atoms with Gasteiger partial charge < -0.3 is 14.6 Å². The molecule has 1 aliphatic heterocycles. The number of rotatable bonds is 3. The summed E-state index contributed by atoms with van der Waals surface area (Å²) in [6, 6.07) is 14.1. The number of carbonyl (C=O) groups is 2. The number of nitrogens with zero attached hydrogens (tertiary/aromatic N) is 2. The van der Waals surface area contributed by atoms with E-state index in [1.54, 1.807) is 41.4 Å². The molecule has 1 aliphatic rings.